The Morgan fingerprint density at radius 1 is 1.24 bits per heavy atom. The molecule has 14 heteroatoms. The summed E-state index contributed by atoms with van der Waals surface area (Å²) in [6, 6.07) is 8.11. The molecule has 10 nitrogen and oxygen atoms in total. The van der Waals surface area contributed by atoms with Crippen LogP contribution in [0.1, 0.15) is 47.7 Å². The monoisotopic (exact) mass is 524 g/mol. The SMILES string of the molecule is C=Nn1c(/C(N)=N\C)c(-c2cnc(C(F)(F)F)nc2)c(C#N)c1C(CC)c1cn(-c2ccccc2F)nn1. The van der Waals surface area contributed by atoms with Gasteiger partial charge in [-0.15, -0.1) is 5.10 Å². The molecule has 0 aliphatic rings. The van der Waals surface area contributed by atoms with Gasteiger partial charge < -0.3 is 5.73 Å². The number of aliphatic imine (C=N–C) groups is 1. The van der Waals surface area contributed by atoms with Crippen LogP contribution in [0.5, 0.6) is 0 Å². The molecule has 0 aliphatic heterocycles. The molecule has 0 bridgehead atoms. The number of rotatable bonds is 7. The maximum absolute atomic E-state index is 14.3. The predicted molar refractivity (Wildman–Crippen MR) is 130 cm³/mol. The molecule has 1 aromatic carbocycles. The van der Waals surface area contributed by atoms with Crippen LogP contribution in [-0.4, -0.2) is 49.2 Å². The molecule has 0 fully saturated rings. The number of nitrogens with two attached hydrogens (primary N) is 1. The van der Waals surface area contributed by atoms with Crippen molar-refractivity contribution in [2.45, 2.75) is 25.4 Å². The van der Waals surface area contributed by atoms with Crippen LogP contribution in [-0.2, 0) is 6.18 Å². The van der Waals surface area contributed by atoms with Crippen molar-refractivity contribution in [3.8, 4) is 22.9 Å². The summed E-state index contributed by atoms with van der Waals surface area (Å²) in [5.41, 5.74) is 7.38. The molecule has 0 saturated heterocycles. The van der Waals surface area contributed by atoms with Crippen molar-refractivity contribution in [2.75, 3.05) is 7.05 Å². The zero-order chi connectivity index (χ0) is 27.6. The lowest BCUT2D eigenvalue weighted by atomic mass is 9.93. The minimum atomic E-state index is -4.75. The largest absolute Gasteiger partial charge is 0.451 e. The average molecular weight is 524 g/mol. The second-order valence-electron chi connectivity index (χ2n) is 7.95. The maximum atomic E-state index is 14.3. The van der Waals surface area contributed by atoms with Gasteiger partial charge in [0.15, 0.2) is 0 Å². The van der Waals surface area contributed by atoms with Crippen molar-refractivity contribution >= 4 is 12.6 Å². The highest BCUT2D eigenvalue weighted by molar-refractivity contribution is 6.04. The van der Waals surface area contributed by atoms with E-state index in [1.165, 1.54) is 34.7 Å². The van der Waals surface area contributed by atoms with E-state index in [0.717, 1.165) is 12.4 Å². The van der Waals surface area contributed by atoms with Gasteiger partial charge in [0.2, 0.25) is 5.82 Å². The molecule has 3 aromatic heterocycles. The van der Waals surface area contributed by atoms with Gasteiger partial charge in [-0.05, 0) is 18.6 Å². The molecular weight excluding hydrogens is 504 g/mol. The highest BCUT2D eigenvalue weighted by atomic mass is 19.4. The maximum Gasteiger partial charge on any atom is 0.451 e. The Kier molecular flexibility index (Phi) is 7.02. The first-order valence-corrected chi connectivity index (χ1v) is 11.1. The van der Waals surface area contributed by atoms with Crippen molar-refractivity contribution in [2.24, 2.45) is 15.8 Å². The lowest BCUT2D eigenvalue weighted by Gasteiger charge is -2.15. The molecule has 194 valence electrons. The van der Waals surface area contributed by atoms with Gasteiger partial charge in [0.05, 0.1) is 23.1 Å². The third kappa shape index (κ3) is 4.49. The number of amidine groups is 1. The highest BCUT2D eigenvalue weighted by Crippen LogP contribution is 2.39. The number of nitrogens with zero attached hydrogens (tertiary/aromatic N) is 9. The van der Waals surface area contributed by atoms with E-state index in [4.69, 9.17) is 5.73 Å². The number of alkyl halides is 3. The van der Waals surface area contributed by atoms with Gasteiger partial charge in [-0.25, -0.2) is 23.7 Å². The molecule has 38 heavy (non-hydrogen) atoms. The van der Waals surface area contributed by atoms with Crippen LogP contribution in [0.3, 0.4) is 0 Å². The molecule has 0 aliphatic carbocycles. The molecular formula is C24H20F4N10. The summed E-state index contributed by atoms with van der Waals surface area (Å²) < 4.78 is 56.1. The Labute approximate surface area is 213 Å². The van der Waals surface area contributed by atoms with Gasteiger partial charge in [0.1, 0.15) is 29.1 Å². The fraction of sp³-hybridized carbons (Fsp3) is 0.208. The van der Waals surface area contributed by atoms with Crippen LogP contribution in [0, 0.1) is 17.1 Å². The van der Waals surface area contributed by atoms with Crippen molar-refractivity contribution in [3.05, 3.63) is 77.1 Å². The Morgan fingerprint density at radius 3 is 2.47 bits per heavy atom. The standard InChI is InChI=1S/C24H20F4N10/c1-4-14(17-12-37(36-35-17)18-8-6-5-7-16(18)25)20-15(9-29)19(21(22(30)31-2)38(20)32-3)13-10-33-23(34-11-13)24(26,27)28/h5-8,10-12,14H,3-4H2,1-2H3,(H2,30,31). The first kappa shape index (κ1) is 26.1. The zero-order valence-electron chi connectivity index (χ0n) is 20.1. The van der Waals surface area contributed by atoms with Gasteiger partial charge in [-0.1, -0.05) is 24.3 Å². The lowest BCUT2D eigenvalue weighted by molar-refractivity contribution is -0.144. The summed E-state index contributed by atoms with van der Waals surface area (Å²) >= 11 is 0. The van der Waals surface area contributed by atoms with E-state index in [1.54, 1.807) is 12.1 Å². The number of para-hydroxylation sites is 1. The van der Waals surface area contributed by atoms with Crippen LogP contribution in [0.25, 0.3) is 16.8 Å². The van der Waals surface area contributed by atoms with E-state index in [9.17, 15) is 22.8 Å². The normalized spacial score (nSPS) is 12.8. The third-order valence-corrected chi connectivity index (χ3v) is 5.82. The van der Waals surface area contributed by atoms with E-state index in [-0.39, 0.29) is 33.9 Å². The quantitative estimate of drug-likeness (QED) is 0.221. The van der Waals surface area contributed by atoms with Crippen LogP contribution >= 0.6 is 0 Å². The van der Waals surface area contributed by atoms with Gasteiger partial charge in [-0.2, -0.15) is 23.5 Å². The van der Waals surface area contributed by atoms with Gasteiger partial charge >= 0.3 is 6.18 Å². The Hall–Kier alpha value is -4.93. The van der Waals surface area contributed by atoms with E-state index in [2.05, 4.69) is 43.2 Å². The second kappa shape index (κ2) is 10.2. The number of hydrogen-bond donors (Lipinski definition) is 1. The van der Waals surface area contributed by atoms with E-state index >= 15 is 0 Å². The number of aromatic nitrogens is 6. The first-order valence-electron chi connectivity index (χ1n) is 11.1. The first-order chi connectivity index (χ1) is 18.2. The van der Waals surface area contributed by atoms with E-state index in [0.29, 0.717) is 17.8 Å². The molecule has 0 amide bonds. The topological polar surface area (TPSA) is 136 Å². The van der Waals surface area contributed by atoms with Crippen molar-refractivity contribution in [1.82, 2.24) is 29.6 Å². The highest BCUT2D eigenvalue weighted by Gasteiger charge is 2.36. The summed E-state index contributed by atoms with van der Waals surface area (Å²) in [7, 11) is 1.41. The van der Waals surface area contributed by atoms with Gasteiger partial charge in [0.25, 0.3) is 0 Å². The summed E-state index contributed by atoms with van der Waals surface area (Å²) in [6.07, 6.45) is -0.946. The summed E-state index contributed by atoms with van der Waals surface area (Å²) in [4.78, 5) is 10.8. The molecule has 4 aromatic rings. The Bertz CT molecular complexity index is 1560. The minimum Gasteiger partial charge on any atom is -0.382 e. The fourth-order valence-corrected chi connectivity index (χ4v) is 4.12. The Balaban J connectivity index is 1.95. The zero-order valence-corrected chi connectivity index (χ0v) is 20.1. The summed E-state index contributed by atoms with van der Waals surface area (Å²) in [5.74, 6) is -2.52. The van der Waals surface area contributed by atoms with Gasteiger partial charge in [-0.3, -0.25) is 4.99 Å². The smallest absolute Gasteiger partial charge is 0.382 e. The summed E-state index contributed by atoms with van der Waals surface area (Å²) in [6.45, 7) is 5.42. The van der Waals surface area contributed by atoms with Gasteiger partial charge in [0, 0.05) is 43.2 Å². The number of benzene rings is 1. The molecule has 3 heterocycles. The summed E-state index contributed by atoms with van der Waals surface area (Å²) in [5, 5.41) is 22.5. The molecule has 4 rings (SSSR count). The van der Waals surface area contributed by atoms with E-state index in [1.807, 2.05) is 6.92 Å². The van der Waals surface area contributed by atoms with Crippen molar-refractivity contribution in [3.63, 3.8) is 0 Å². The predicted octanol–water partition coefficient (Wildman–Crippen LogP) is 3.90. The fourth-order valence-electron chi connectivity index (χ4n) is 4.12. The minimum absolute atomic E-state index is 0.0367. The molecule has 0 saturated carbocycles. The van der Waals surface area contributed by atoms with Crippen molar-refractivity contribution in [1.29, 1.82) is 5.26 Å². The molecule has 1 atom stereocenters. The third-order valence-electron chi connectivity index (χ3n) is 5.82. The van der Waals surface area contributed by atoms with Crippen molar-refractivity contribution < 1.29 is 17.6 Å². The van der Waals surface area contributed by atoms with Crippen LogP contribution in [0.4, 0.5) is 17.6 Å². The molecule has 1 unspecified atom stereocenters. The van der Waals surface area contributed by atoms with Crippen LogP contribution < -0.4 is 5.73 Å². The van der Waals surface area contributed by atoms with Crippen LogP contribution in [0.15, 0.2) is 52.9 Å². The average Bonchev–Trinajstić information content (AvgIpc) is 3.52. The molecule has 2 N–H and O–H groups in total. The Morgan fingerprint density at radius 2 is 1.92 bits per heavy atom. The molecule has 0 radical (unpaired) electrons. The number of hydrogen-bond acceptors (Lipinski definition) is 7. The van der Waals surface area contributed by atoms with E-state index < -0.39 is 23.7 Å². The second-order valence-corrected chi connectivity index (χ2v) is 7.95. The number of nitriles is 1. The number of halogens is 4. The van der Waals surface area contributed by atoms with Crippen LogP contribution in [0.2, 0.25) is 0 Å². The lowest BCUT2D eigenvalue weighted by Crippen LogP contribution is -2.19. The molecule has 0 spiro atoms.